The Kier molecular flexibility index (Phi) is 7.74. The van der Waals surface area contributed by atoms with Crippen molar-refractivity contribution in [2.75, 3.05) is 11.9 Å². The molecule has 3 rings (SSSR count). The van der Waals surface area contributed by atoms with Gasteiger partial charge in [0.2, 0.25) is 10.0 Å². The molecule has 3 aromatic rings. The summed E-state index contributed by atoms with van der Waals surface area (Å²) < 4.78 is 76.3. The van der Waals surface area contributed by atoms with Crippen LogP contribution in [0.5, 0.6) is 0 Å². The van der Waals surface area contributed by atoms with Crippen molar-refractivity contribution >= 4 is 33.3 Å². The molecule has 0 unspecified atom stereocenters. The molecule has 0 fully saturated rings. The minimum atomic E-state index is -5.00. The van der Waals surface area contributed by atoms with Gasteiger partial charge in [-0.15, -0.1) is 0 Å². The third-order valence-corrected chi connectivity index (χ3v) is 5.96. The number of nitrogens with one attached hydrogen (secondary N) is 2. The number of hydrogen-bond donors (Lipinski definition) is 2. The summed E-state index contributed by atoms with van der Waals surface area (Å²) in [5, 5.41) is 12.6. The zero-order valence-corrected chi connectivity index (χ0v) is 18.8. The summed E-state index contributed by atoms with van der Waals surface area (Å²) in [6.45, 7) is -1.07. The maximum atomic E-state index is 13.2. The van der Waals surface area contributed by atoms with E-state index in [1.165, 1.54) is 6.26 Å². The Labute approximate surface area is 201 Å². The second-order valence-electron chi connectivity index (χ2n) is 7.04. The number of nitro groups is 1. The van der Waals surface area contributed by atoms with Gasteiger partial charge in [-0.25, -0.2) is 17.9 Å². The van der Waals surface area contributed by atoms with Crippen LogP contribution in [0.3, 0.4) is 0 Å². The quantitative estimate of drug-likeness (QED) is 0.243. The largest absolute Gasteiger partial charge is 0.468 e. The van der Waals surface area contributed by atoms with Crippen LogP contribution < -0.4 is 10.0 Å². The Hall–Kier alpha value is -4.24. The van der Waals surface area contributed by atoms with Crippen LogP contribution in [0.1, 0.15) is 21.7 Å². The van der Waals surface area contributed by atoms with Crippen molar-refractivity contribution in [3.05, 3.63) is 87.9 Å². The first-order valence-corrected chi connectivity index (χ1v) is 11.3. The van der Waals surface area contributed by atoms with Crippen molar-refractivity contribution < 1.29 is 45.3 Å². The molecule has 1 heterocycles. The summed E-state index contributed by atoms with van der Waals surface area (Å²) in [4.78, 5) is 33.7. The lowest BCUT2D eigenvalue weighted by Crippen LogP contribution is -2.23. The molecule has 0 bridgehead atoms. The Morgan fingerprint density at radius 2 is 1.78 bits per heavy atom. The number of anilines is 1. The van der Waals surface area contributed by atoms with Crippen LogP contribution in [0.25, 0.3) is 0 Å². The Morgan fingerprint density at radius 3 is 2.36 bits per heavy atom. The monoisotopic (exact) mass is 527 g/mol. The third kappa shape index (κ3) is 6.67. The topological polar surface area (TPSA) is 158 Å². The molecule has 15 heteroatoms. The average Bonchev–Trinajstić information content (AvgIpc) is 3.35. The maximum Gasteiger partial charge on any atom is 0.418 e. The van der Waals surface area contributed by atoms with Crippen molar-refractivity contribution in [1.29, 1.82) is 0 Å². The predicted molar refractivity (Wildman–Crippen MR) is 116 cm³/mol. The van der Waals surface area contributed by atoms with E-state index in [2.05, 4.69) is 4.72 Å². The molecule has 190 valence electrons. The van der Waals surface area contributed by atoms with E-state index in [0.717, 1.165) is 30.3 Å². The van der Waals surface area contributed by atoms with E-state index in [0.29, 0.717) is 11.8 Å². The third-order valence-electron chi connectivity index (χ3n) is 4.54. The number of nitro benzene ring substituents is 1. The first kappa shape index (κ1) is 26.4. The Balaban J connectivity index is 1.60. The second-order valence-corrected chi connectivity index (χ2v) is 8.80. The summed E-state index contributed by atoms with van der Waals surface area (Å²) in [7, 11) is -3.92. The lowest BCUT2D eigenvalue weighted by Gasteiger charge is -2.13. The summed E-state index contributed by atoms with van der Waals surface area (Å²) in [5.74, 6) is -1.80. The molecule has 2 aromatic carbocycles. The maximum absolute atomic E-state index is 13.2. The van der Waals surface area contributed by atoms with E-state index in [1.807, 2.05) is 5.32 Å². The minimum absolute atomic E-state index is 0.0982. The zero-order valence-electron chi connectivity index (χ0n) is 17.9. The molecular weight excluding hydrogens is 511 g/mol. The molecule has 1 amide bonds. The molecule has 0 atom stereocenters. The summed E-state index contributed by atoms with van der Waals surface area (Å²) >= 11 is 0. The first-order chi connectivity index (χ1) is 16.9. The molecular formula is C21H16F3N3O8S. The van der Waals surface area contributed by atoms with Crippen molar-refractivity contribution in [1.82, 2.24) is 4.72 Å². The van der Waals surface area contributed by atoms with Crippen molar-refractivity contribution in [2.45, 2.75) is 17.6 Å². The lowest BCUT2D eigenvalue weighted by molar-refractivity contribution is -0.385. The van der Waals surface area contributed by atoms with Gasteiger partial charge in [0.25, 0.3) is 11.6 Å². The normalized spacial score (nSPS) is 11.6. The Morgan fingerprint density at radius 1 is 1.08 bits per heavy atom. The SMILES string of the molecule is O=C(COC(=O)c1ccc(S(=O)(=O)NCc2ccco2)cc1)Nc1ccc([N+](=O)[O-])cc1C(F)(F)F. The Bertz CT molecular complexity index is 1370. The van der Waals surface area contributed by atoms with E-state index >= 15 is 0 Å². The minimum Gasteiger partial charge on any atom is -0.468 e. The van der Waals surface area contributed by atoms with Crippen molar-refractivity contribution in [3.63, 3.8) is 0 Å². The van der Waals surface area contributed by atoms with Crippen LogP contribution >= 0.6 is 0 Å². The molecule has 0 radical (unpaired) electrons. The van der Waals surface area contributed by atoms with Crippen LogP contribution in [0.2, 0.25) is 0 Å². The van der Waals surface area contributed by atoms with Gasteiger partial charge < -0.3 is 14.5 Å². The number of non-ortho nitro benzene ring substituents is 1. The second kappa shape index (κ2) is 10.6. The predicted octanol–water partition coefficient (Wildman–Crippen LogP) is 3.48. The number of esters is 1. The highest BCUT2D eigenvalue weighted by Crippen LogP contribution is 2.37. The van der Waals surface area contributed by atoms with Gasteiger partial charge in [-0.3, -0.25) is 14.9 Å². The molecule has 0 saturated heterocycles. The van der Waals surface area contributed by atoms with Crippen molar-refractivity contribution in [3.8, 4) is 0 Å². The van der Waals surface area contributed by atoms with E-state index in [4.69, 9.17) is 9.15 Å². The highest BCUT2D eigenvalue weighted by Gasteiger charge is 2.35. The number of benzene rings is 2. The number of ether oxygens (including phenoxy) is 1. The average molecular weight is 527 g/mol. The fourth-order valence-electron chi connectivity index (χ4n) is 2.82. The molecule has 0 spiro atoms. The van der Waals surface area contributed by atoms with E-state index < -0.39 is 56.5 Å². The molecule has 36 heavy (non-hydrogen) atoms. The fraction of sp³-hybridized carbons (Fsp3) is 0.143. The van der Waals surface area contributed by atoms with Gasteiger partial charge in [0.05, 0.1) is 39.4 Å². The van der Waals surface area contributed by atoms with E-state index in [1.54, 1.807) is 12.1 Å². The number of amides is 1. The number of hydrogen-bond acceptors (Lipinski definition) is 8. The lowest BCUT2D eigenvalue weighted by atomic mass is 10.1. The molecule has 1 aromatic heterocycles. The van der Waals surface area contributed by atoms with Crippen LogP contribution in [-0.2, 0) is 32.3 Å². The first-order valence-electron chi connectivity index (χ1n) is 9.81. The van der Waals surface area contributed by atoms with Gasteiger partial charge >= 0.3 is 12.1 Å². The smallest absolute Gasteiger partial charge is 0.418 e. The number of halogens is 3. The number of sulfonamides is 1. The van der Waals surface area contributed by atoms with E-state index in [-0.39, 0.29) is 23.1 Å². The molecule has 0 saturated carbocycles. The zero-order chi connectivity index (χ0) is 26.5. The molecule has 2 N–H and O–H groups in total. The highest BCUT2D eigenvalue weighted by molar-refractivity contribution is 7.89. The van der Waals surface area contributed by atoms with Crippen molar-refractivity contribution in [2.24, 2.45) is 0 Å². The summed E-state index contributed by atoms with van der Waals surface area (Å²) in [6, 6.07) is 9.39. The number of alkyl halides is 3. The fourth-order valence-corrected chi connectivity index (χ4v) is 3.82. The number of rotatable bonds is 9. The van der Waals surface area contributed by atoms with Crippen LogP contribution in [0, 0.1) is 10.1 Å². The number of nitrogens with zero attached hydrogens (tertiary/aromatic N) is 1. The van der Waals surface area contributed by atoms with Crippen LogP contribution in [0.4, 0.5) is 24.5 Å². The number of carbonyl (C=O) groups is 2. The number of carbonyl (C=O) groups excluding carboxylic acids is 2. The van der Waals surface area contributed by atoms with Gasteiger partial charge in [0.1, 0.15) is 5.76 Å². The van der Waals surface area contributed by atoms with E-state index in [9.17, 15) is 41.3 Å². The standard InChI is InChI=1S/C21H16F3N3O8S/c22-21(23,24)17-10-14(27(30)31)5-8-18(17)26-19(28)12-35-20(29)13-3-6-16(7-4-13)36(32,33)25-11-15-2-1-9-34-15/h1-10,25H,11-12H2,(H,26,28). The van der Waals surface area contributed by atoms with Gasteiger partial charge in [-0.05, 0) is 42.5 Å². The molecule has 11 nitrogen and oxygen atoms in total. The molecule has 0 aliphatic carbocycles. The highest BCUT2D eigenvalue weighted by atomic mass is 32.2. The molecule has 0 aliphatic rings. The van der Waals surface area contributed by atoms with Crippen LogP contribution in [0.15, 0.2) is 70.2 Å². The summed E-state index contributed by atoms with van der Waals surface area (Å²) in [6.07, 6.45) is -3.62. The molecule has 0 aliphatic heterocycles. The summed E-state index contributed by atoms with van der Waals surface area (Å²) in [5.41, 5.74) is -3.16. The van der Waals surface area contributed by atoms with Gasteiger partial charge in [0, 0.05) is 12.1 Å². The van der Waals surface area contributed by atoms with Gasteiger partial charge in [-0.1, -0.05) is 0 Å². The van der Waals surface area contributed by atoms with Gasteiger partial charge in [0.15, 0.2) is 6.61 Å². The van der Waals surface area contributed by atoms with Crippen LogP contribution in [-0.4, -0.2) is 31.8 Å². The van der Waals surface area contributed by atoms with Gasteiger partial charge in [-0.2, -0.15) is 13.2 Å². The number of furan rings is 1.